The first-order chi connectivity index (χ1) is 12.1. The lowest BCUT2D eigenvalue weighted by Crippen LogP contribution is -2.30. The van der Waals surface area contributed by atoms with Gasteiger partial charge in [0, 0.05) is 38.2 Å². The number of hydrogen-bond donors (Lipinski definition) is 1. The predicted molar refractivity (Wildman–Crippen MR) is 99.7 cm³/mol. The summed E-state index contributed by atoms with van der Waals surface area (Å²) in [5.41, 5.74) is 2.38. The van der Waals surface area contributed by atoms with Crippen LogP contribution in [0.5, 0.6) is 0 Å². The number of anilines is 1. The van der Waals surface area contributed by atoms with E-state index < -0.39 is 0 Å². The van der Waals surface area contributed by atoms with Crippen molar-refractivity contribution < 1.29 is 4.79 Å². The van der Waals surface area contributed by atoms with Crippen molar-refractivity contribution in [3.8, 4) is 0 Å². The first-order valence-corrected chi connectivity index (χ1v) is 8.84. The highest BCUT2D eigenvalue weighted by molar-refractivity contribution is 5.92. The molecule has 0 atom stereocenters. The molecule has 0 radical (unpaired) electrons. The smallest absolute Gasteiger partial charge is 0.272 e. The number of carbonyl (C=O) groups is 1. The Balaban J connectivity index is 1.96. The average molecular weight is 341 g/mol. The zero-order valence-electron chi connectivity index (χ0n) is 15.3. The van der Waals surface area contributed by atoms with Gasteiger partial charge in [-0.3, -0.25) is 9.78 Å². The molecular weight excluding hydrogens is 314 g/mol. The summed E-state index contributed by atoms with van der Waals surface area (Å²) in [6, 6.07) is 5.67. The van der Waals surface area contributed by atoms with Crippen LogP contribution in [0.15, 0.2) is 30.6 Å². The molecule has 25 heavy (non-hydrogen) atoms. The van der Waals surface area contributed by atoms with Gasteiger partial charge in [0.05, 0.1) is 0 Å². The summed E-state index contributed by atoms with van der Waals surface area (Å²) in [7, 11) is 1.80. The second-order valence-corrected chi connectivity index (χ2v) is 6.18. The molecule has 0 aliphatic rings. The molecule has 2 aromatic heterocycles. The molecule has 6 nitrogen and oxygen atoms in total. The number of nitrogens with zero attached hydrogens (tertiary/aromatic N) is 4. The third-order valence-corrected chi connectivity index (χ3v) is 3.97. The fraction of sp³-hybridized carbons (Fsp3) is 0.474. The fourth-order valence-corrected chi connectivity index (χ4v) is 2.48. The average Bonchev–Trinajstić information content (AvgIpc) is 2.63. The van der Waals surface area contributed by atoms with E-state index in [1.165, 1.54) is 12.8 Å². The second kappa shape index (κ2) is 9.71. The maximum atomic E-state index is 12.6. The third-order valence-electron chi connectivity index (χ3n) is 3.97. The molecule has 0 bridgehead atoms. The number of likely N-dealkylation sites (N-methyl/N-ethyl adjacent to an activating group) is 1. The minimum atomic E-state index is -0.0869. The molecule has 134 valence electrons. The van der Waals surface area contributed by atoms with Crippen LogP contribution in [0.1, 0.15) is 47.9 Å². The normalized spacial score (nSPS) is 10.5. The molecule has 0 saturated heterocycles. The van der Waals surface area contributed by atoms with Crippen LogP contribution in [0.3, 0.4) is 0 Å². The highest BCUT2D eigenvalue weighted by Gasteiger charge is 2.15. The molecule has 2 rings (SSSR count). The first-order valence-electron chi connectivity index (χ1n) is 8.84. The van der Waals surface area contributed by atoms with Gasteiger partial charge in [-0.1, -0.05) is 19.8 Å². The minimum absolute atomic E-state index is 0.0869. The Hall–Kier alpha value is -2.50. The quantitative estimate of drug-likeness (QED) is 0.710. The Morgan fingerprint density at radius 1 is 1.20 bits per heavy atom. The molecule has 1 amide bonds. The van der Waals surface area contributed by atoms with Crippen LogP contribution >= 0.6 is 0 Å². The highest BCUT2D eigenvalue weighted by atomic mass is 16.2. The number of aryl methyl sites for hydroxylation is 1. The van der Waals surface area contributed by atoms with Crippen LogP contribution in [-0.2, 0) is 6.42 Å². The van der Waals surface area contributed by atoms with E-state index in [0.29, 0.717) is 18.2 Å². The Labute approximate surface area is 149 Å². The molecular formula is C19H27N5O. The summed E-state index contributed by atoms with van der Waals surface area (Å²) >= 11 is 0. The number of hydrogen-bond acceptors (Lipinski definition) is 5. The maximum absolute atomic E-state index is 12.6. The zero-order chi connectivity index (χ0) is 18.1. The highest BCUT2D eigenvalue weighted by Crippen LogP contribution is 2.09. The molecule has 1 N–H and O–H groups in total. The Kier molecular flexibility index (Phi) is 7.32. The standard InChI is InChI=1S/C19H27N5O/c1-4-5-6-10-21-19-22-15(2)14-17(23-19)18(25)24(3)13-9-16-7-11-20-12-8-16/h7-8,11-12,14H,4-6,9-10,13H2,1-3H3,(H,21,22,23). The number of aromatic nitrogens is 3. The van der Waals surface area contributed by atoms with Crippen molar-refractivity contribution in [1.82, 2.24) is 19.9 Å². The molecule has 6 heteroatoms. The van der Waals surface area contributed by atoms with E-state index in [0.717, 1.165) is 30.6 Å². The van der Waals surface area contributed by atoms with E-state index in [1.807, 2.05) is 19.1 Å². The van der Waals surface area contributed by atoms with E-state index in [1.54, 1.807) is 30.4 Å². The monoisotopic (exact) mass is 341 g/mol. The van der Waals surface area contributed by atoms with Gasteiger partial charge in [0.15, 0.2) is 0 Å². The van der Waals surface area contributed by atoms with Crippen LogP contribution in [-0.4, -0.2) is 45.9 Å². The molecule has 0 unspecified atom stereocenters. The number of nitrogens with one attached hydrogen (secondary N) is 1. The summed E-state index contributed by atoms with van der Waals surface area (Å²) in [4.78, 5) is 27.1. The Bertz CT molecular complexity index is 675. The van der Waals surface area contributed by atoms with Gasteiger partial charge in [-0.15, -0.1) is 0 Å². The van der Waals surface area contributed by atoms with Gasteiger partial charge in [0.25, 0.3) is 5.91 Å². The molecule has 0 saturated carbocycles. The predicted octanol–water partition coefficient (Wildman–Crippen LogP) is 3.10. The Morgan fingerprint density at radius 2 is 1.96 bits per heavy atom. The van der Waals surface area contributed by atoms with Gasteiger partial charge in [0.1, 0.15) is 5.69 Å². The second-order valence-electron chi connectivity index (χ2n) is 6.18. The van der Waals surface area contributed by atoms with Crippen molar-refractivity contribution in [2.75, 3.05) is 25.5 Å². The van der Waals surface area contributed by atoms with E-state index in [9.17, 15) is 4.79 Å². The van der Waals surface area contributed by atoms with Crippen LogP contribution in [0.2, 0.25) is 0 Å². The SMILES string of the molecule is CCCCCNc1nc(C)cc(C(=O)N(C)CCc2ccncc2)n1. The van der Waals surface area contributed by atoms with Crippen molar-refractivity contribution in [3.63, 3.8) is 0 Å². The molecule has 2 aromatic rings. The van der Waals surface area contributed by atoms with Crippen LogP contribution in [0, 0.1) is 6.92 Å². The summed E-state index contributed by atoms with van der Waals surface area (Å²) in [5, 5.41) is 3.21. The minimum Gasteiger partial charge on any atom is -0.354 e. The number of pyridine rings is 1. The lowest BCUT2D eigenvalue weighted by molar-refractivity contribution is 0.0790. The number of carbonyl (C=O) groups excluding carboxylic acids is 1. The third kappa shape index (κ3) is 6.14. The molecule has 0 aromatic carbocycles. The molecule has 2 heterocycles. The van der Waals surface area contributed by atoms with Gasteiger partial charge in [-0.25, -0.2) is 9.97 Å². The summed E-state index contributed by atoms with van der Waals surface area (Å²) < 4.78 is 0. The van der Waals surface area contributed by atoms with Gasteiger partial charge >= 0.3 is 0 Å². The van der Waals surface area contributed by atoms with E-state index >= 15 is 0 Å². The van der Waals surface area contributed by atoms with Crippen LogP contribution in [0.4, 0.5) is 5.95 Å². The van der Waals surface area contributed by atoms with Gasteiger partial charge in [-0.2, -0.15) is 0 Å². The fourth-order valence-electron chi connectivity index (χ4n) is 2.48. The Morgan fingerprint density at radius 3 is 2.68 bits per heavy atom. The van der Waals surface area contributed by atoms with Crippen LogP contribution in [0.25, 0.3) is 0 Å². The summed E-state index contributed by atoms with van der Waals surface area (Å²) in [5.74, 6) is 0.443. The van der Waals surface area contributed by atoms with Gasteiger partial charge < -0.3 is 10.2 Å². The van der Waals surface area contributed by atoms with Crippen LogP contribution < -0.4 is 5.32 Å². The van der Waals surface area contributed by atoms with E-state index in [-0.39, 0.29) is 5.91 Å². The van der Waals surface area contributed by atoms with Crippen molar-refractivity contribution >= 4 is 11.9 Å². The molecule has 0 aliphatic heterocycles. The number of unbranched alkanes of at least 4 members (excludes halogenated alkanes) is 2. The lowest BCUT2D eigenvalue weighted by Gasteiger charge is -2.17. The van der Waals surface area contributed by atoms with Crippen molar-refractivity contribution in [2.24, 2.45) is 0 Å². The zero-order valence-corrected chi connectivity index (χ0v) is 15.3. The largest absolute Gasteiger partial charge is 0.354 e. The maximum Gasteiger partial charge on any atom is 0.272 e. The first kappa shape index (κ1) is 18.8. The van der Waals surface area contributed by atoms with Gasteiger partial charge in [0.2, 0.25) is 5.95 Å². The van der Waals surface area contributed by atoms with Gasteiger partial charge in [-0.05, 0) is 43.5 Å². The van der Waals surface area contributed by atoms with Crippen molar-refractivity contribution in [2.45, 2.75) is 39.5 Å². The molecule has 0 aliphatic carbocycles. The topological polar surface area (TPSA) is 71.0 Å². The number of rotatable bonds is 9. The van der Waals surface area contributed by atoms with Crippen molar-refractivity contribution in [3.05, 3.63) is 47.5 Å². The number of amides is 1. The lowest BCUT2D eigenvalue weighted by atomic mass is 10.2. The molecule has 0 fully saturated rings. The summed E-state index contributed by atoms with van der Waals surface area (Å²) in [6.07, 6.45) is 7.73. The van der Waals surface area contributed by atoms with E-state index in [2.05, 4.69) is 27.2 Å². The summed E-state index contributed by atoms with van der Waals surface area (Å²) in [6.45, 7) is 5.50. The van der Waals surface area contributed by atoms with Crippen molar-refractivity contribution in [1.29, 1.82) is 0 Å². The molecule has 0 spiro atoms. The van der Waals surface area contributed by atoms with E-state index in [4.69, 9.17) is 0 Å².